The fourth-order valence-electron chi connectivity index (χ4n) is 4.27. The standard InChI is InChI=1S/C23H26FN7O/c1-13-18-9-16(24)5-6-19(18)31-21(28-12-29-31)8-14(10-25)22(30-17-3-2-4-17)15-7-20(32-13)23(26)27-11-15/h5-7,9-13,17,21,25,30H,2-4,8H2,1H3,(H2,26,27)(H,28,29)/b22-14-,25-10?/t13-,21?/m1/s1. The molecule has 3 aliphatic rings. The summed E-state index contributed by atoms with van der Waals surface area (Å²) in [5.41, 5.74) is 9.96. The van der Waals surface area contributed by atoms with Gasteiger partial charge in [0.1, 0.15) is 24.4 Å². The number of nitrogen functional groups attached to an aromatic ring is 1. The van der Waals surface area contributed by atoms with Gasteiger partial charge in [-0.1, -0.05) is 0 Å². The van der Waals surface area contributed by atoms with E-state index < -0.39 is 6.10 Å². The molecule has 2 bridgehead atoms. The van der Waals surface area contributed by atoms with Crippen LogP contribution >= 0.6 is 0 Å². The van der Waals surface area contributed by atoms with Crippen LogP contribution in [0, 0.1) is 11.2 Å². The maximum absolute atomic E-state index is 14.2. The van der Waals surface area contributed by atoms with Gasteiger partial charge in [0.2, 0.25) is 0 Å². The first-order chi connectivity index (χ1) is 15.5. The number of aromatic nitrogens is 1. The van der Waals surface area contributed by atoms with E-state index >= 15 is 0 Å². The van der Waals surface area contributed by atoms with Gasteiger partial charge in [-0.25, -0.2) is 14.4 Å². The molecule has 0 saturated heterocycles. The second-order valence-electron chi connectivity index (χ2n) is 8.36. The number of nitrogens with two attached hydrogens (primary N) is 1. The molecule has 1 saturated carbocycles. The number of nitrogens with zero attached hydrogens (tertiary/aromatic N) is 3. The zero-order valence-electron chi connectivity index (χ0n) is 17.8. The van der Waals surface area contributed by atoms with Gasteiger partial charge in [-0.15, -0.1) is 0 Å². The molecule has 2 atom stereocenters. The van der Waals surface area contributed by atoms with Crippen LogP contribution in [0.5, 0.6) is 5.75 Å². The number of ether oxygens (including phenoxy) is 1. The minimum atomic E-state index is -0.495. The summed E-state index contributed by atoms with van der Waals surface area (Å²) in [6, 6.07) is 6.78. The minimum Gasteiger partial charge on any atom is -0.482 e. The predicted molar refractivity (Wildman–Crippen MR) is 123 cm³/mol. The largest absolute Gasteiger partial charge is 0.482 e. The first kappa shape index (κ1) is 20.3. The minimum absolute atomic E-state index is 0.234. The Morgan fingerprint density at radius 3 is 2.94 bits per heavy atom. The van der Waals surface area contributed by atoms with Crippen molar-refractivity contribution in [1.29, 1.82) is 5.41 Å². The molecule has 166 valence electrons. The topological polar surface area (TPSA) is 112 Å². The first-order valence-corrected chi connectivity index (χ1v) is 10.8. The van der Waals surface area contributed by atoms with Crippen LogP contribution in [-0.2, 0) is 0 Å². The molecular formula is C23H26FN7O. The van der Waals surface area contributed by atoms with Gasteiger partial charge in [-0.05, 0) is 56.0 Å². The van der Waals surface area contributed by atoms with Crippen LogP contribution < -0.4 is 26.1 Å². The lowest BCUT2D eigenvalue weighted by Gasteiger charge is -2.32. The molecule has 0 amide bonds. The summed E-state index contributed by atoms with van der Waals surface area (Å²) in [5, 5.41) is 21.3. The molecule has 32 heavy (non-hydrogen) atoms. The lowest BCUT2D eigenvalue weighted by Crippen LogP contribution is -2.39. The molecular weight excluding hydrogens is 409 g/mol. The van der Waals surface area contributed by atoms with Gasteiger partial charge in [0.15, 0.2) is 11.6 Å². The Morgan fingerprint density at radius 1 is 1.34 bits per heavy atom. The van der Waals surface area contributed by atoms with Crippen molar-refractivity contribution in [3.63, 3.8) is 0 Å². The number of rotatable bonds is 3. The van der Waals surface area contributed by atoms with Gasteiger partial charge in [0.05, 0.1) is 5.69 Å². The fourth-order valence-corrected chi connectivity index (χ4v) is 4.27. The summed E-state index contributed by atoms with van der Waals surface area (Å²) in [7, 11) is 0. The van der Waals surface area contributed by atoms with Crippen molar-refractivity contribution >= 4 is 29.8 Å². The summed E-state index contributed by atoms with van der Waals surface area (Å²) in [5.74, 6) is 0.322. The molecule has 0 radical (unpaired) electrons. The number of hydrogen-bond acceptors (Lipinski definition) is 8. The maximum atomic E-state index is 14.2. The fraction of sp³-hybridized carbons (Fsp3) is 0.348. The van der Waals surface area contributed by atoms with Crippen LogP contribution in [0.15, 0.2) is 41.1 Å². The SMILES string of the molecule is C[C@H]1Oc2cc(cnc2N)/C(NC2CCC2)=C(/C=N)CC2NC=NN2c2ccc(F)cc21. The molecule has 3 heterocycles. The highest BCUT2D eigenvalue weighted by molar-refractivity contribution is 5.89. The van der Waals surface area contributed by atoms with Crippen molar-refractivity contribution in [1.82, 2.24) is 15.6 Å². The third kappa shape index (κ3) is 3.63. The van der Waals surface area contributed by atoms with E-state index in [0.29, 0.717) is 23.8 Å². The number of hydrazone groups is 1. The summed E-state index contributed by atoms with van der Waals surface area (Å²) < 4.78 is 20.4. The molecule has 1 aliphatic carbocycles. The third-order valence-electron chi connectivity index (χ3n) is 6.26. The zero-order chi connectivity index (χ0) is 22.2. The molecule has 0 spiro atoms. The number of pyridine rings is 1. The second-order valence-corrected chi connectivity index (χ2v) is 8.36. The molecule has 1 aromatic heterocycles. The number of benzene rings is 1. The van der Waals surface area contributed by atoms with Gasteiger partial charge in [-0.2, -0.15) is 5.10 Å². The summed E-state index contributed by atoms with van der Waals surface area (Å²) in [6.45, 7) is 1.85. The highest BCUT2D eigenvalue weighted by atomic mass is 19.1. The summed E-state index contributed by atoms with van der Waals surface area (Å²) >= 11 is 0. The Labute approximate surface area is 185 Å². The second kappa shape index (κ2) is 8.14. The van der Waals surface area contributed by atoms with Gasteiger partial charge in [0, 0.05) is 41.7 Å². The average Bonchev–Trinajstić information content (AvgIpc) is 3.21. The number of anilines is 2. The smallest absolute Gasteiger partial charge is 0.166 e. The van der Waals surface area contributed by atoms with Crippen LogP contribution in [0.2, 0.25) is 0 Å². The van der Waals surface area contributed by atoms with Crippen molar-refractivity contribution in [3.8, 4) is 5.75 Å². The van der Waals surface area contributed by atoms with E-state index in [-0.39, 0.29) is 17.8 Å². The van der Waals surface area contributed by atoms with E-state index in [9.17, 15) is 4.39 Å². The number of fused-ring (bicyclic) bond motifs is 5. The van der Waals surface area contributed by atoms with E-state index in [4.69, 9.17) is 15.9 Å². The molecule has 2 aliphatic heterocycles. The Kier molecular flexibility index (Phi) is 5.16. The van der Waals surface area contributed by atoms with Gasteiger partial charge < -0.3 is 26.5 Å². The van der Waals surface area contributed by atoms with E-state index in [1.54, 1.807) is 18.6 Å². The molecule has 1 unspecified atom stereocenters. The van der Waals surface area contributed by atoms with Crippen LogP contribution in [0.4, 0.5) is 15.9 Å². The number of nitrogens with one attached hydrogen (secondary N) is 3. The molecule has 5 rings (SSSR count). The maximum Gasteiger partial charge on any atom is 0.166 e. The number of hydrogen-bond donors (Lipinski definition) is 4. The van der Waals surface area contributed by atoms with Crippen molar-refractivity contribution in [2.24, 2.45) is 5.10 Å². The third-order valence-corrected chi connectivity index (χ3v) is 6.26. The molecule has 1 fully saturated rings. The lowest BCUT2D eigenvalue weighted by atomic mass is 9.91. The van der Waals surface area contributed by atoms with E-state index in [0.717, 1.165) is 35.4 Å². The van der Waals surface area contributed by atoms with E-state index in [1.165, 1.54) is 24.8 Å². The summed E-state index contributed by atoms with van der Waals surface area (Å²) in [4.78, 5) is 4.35. The van der Waals surface area contributed by atoms with Gasteiger partial charge in [0.25, 0.3) is 0 Å². The lowest BCUT2D eigenvalue weighted by molar-refractivity contribution is 0.227. The summed E-state index contributed by atoms with van der Waals surface area (Å²) in [6.07, 6.45) is 7.85. The normalized spacial score (nSPS) is 24.8. The van der Waals surface area contributed by atoms with Crippen molar-refractivity contribution in [2.75, 3.05) is 10.7 Å². The Bertz CT molecular complexity index is 1110. The highest BCUT2D eigenvalue weighted by Gasteiger charge is 2.30. The molecule has 5 N–H and O–H groups in total. The zero-order valence-corrected chi connectivity index (χ0v) is 17.8. The molecule has 2 aromatic rings. The van der Waals surface area contributed by atoms with Crippen LogP contribution in [-0.4, -0.2) is 29.7 Å². The quantitative estimate of drug-likeness (QED) is 0.549. The van der Waals surface area contributed by atoms with Gasteiger partial charge in [-0.3, -0.25) is 0 Å². The van der Waals surface area contributed by atoms with Crippen LogP contribution in [0.3, 0.4) is 0 Å². The molecule has 1 aromatic carbocycles. The van der Waals surface area contributed by atoms with E-state index in [2.05, 4.69) is 20.7 Å². The molecule has 9 heteroatoms. The Hall–Kier alpha value is -3.62. The monoisotopic (exact) mass is 435 g/mol. The highest BCUT2D eigenvalue weighted by Crippen LogP contribution is 2.37. The van der Waals surface area contributed by atoms with E-state index in [1.807, 2.05) is 18.0 Å². The van der Waals surface area contributed by atoms with Gasteiger partial charge >= 0.3 is 0 Å². The van der Waals surface area contributed by atoms with Crippen LogP contribution in [0.1, 0.15) is 49.8 Å². The number of halogens is 1. The van der Waals surface area contributed by atoms with Crippen LogP contribution in [0.25, 0.3) is 5.70 Å². The molecule has 8 nitrogen and oxygen atoms in total. The first-order valence-electron chi connectivity index (χ1n) is 10.8. The van der Waals surface area contributed by atoms with Crippen molar-refractivity contribution < 1.29 is 9.13 Å². The Balaban J connectivity index is 1.67. The predicted octanol–water partition coefficient (Wildman–Crippen LogP) is 3.53. The van der Waals surface area contributed by atoms with Crippen molar-refractivity contribution in [2.45, 2.75) is 50.9 Å². The van der Waals surface area contributed by atoms with Crippen molar-refractivity contribution in [3.05, 3.63) is 53.0 Å². The average molecular weight is 436 g/mol. The Morgan fingerprint density at radius 2 is 2.19 bits per heavy atom.